The van der Waals surface area contributed by atoms with E-state index in [0.717, 1.165) is 12.8 Å². The van der Waals surface area contributed by atoms with E-state index in [9.17, 15) is 8.42 Å². The number of sulfone groups is 1. The molecular weight excluding hydrogens is 164 g/mol. The van der Waals surface area contributed by atoms with E-state index in [-0.39, 0.29) is 10.3 Å². The van der Waals surface area contributed by atoms with Gasteiger partial charge in [0.05, 0.1) is 11.5 Å². The van der Waals surface area contributed by atoms with E-state index in [2.05, 4.69) is 0 Å². The van der Waals surface area contributed by atoms with Crippen LogP contribution in [-0.2, 0) is 9.84 Å². The van der Waals surface area contributed by atoms with Crippen molar-refractivity contribution in [1.82, 2.24) is 0 Å². The van der Waals surface area contributed by atoms with Gasteiger partial charge in [-0.15, -0.1) is 0 Å². The van der Waals surface area contributed by atoms with Crippen LogP contribution < -0.4 is 0 Å². The Morgan fingerprint density at radius 1 is 1.45 bits per heavy atom. The van der Waals surface area contributed by atoms with Crippen LogP contribution in [0.4, 0.5) is 0 Å². The molecule has 0 bridgehead atoms. The third-order valence-corrected chi connectivity index (χ3v) is 3.88. The quantitative estimate of drug-likeness (QED) is 0.673. The molecule has 1 aromatic heterocycles. The highest BCUT2D eigenvalue weighted by Crippen LogP contribution is 2.33. The lowest BCUT2D eigenvalue weighted by molar-refractivity contribution is 0.449. The molecule has 3 nitrogen and oxygen atoms in total. The van der Waals surface area contributed by atoms with Gasteiger partial charge in [0.1, 0.15) is 0 Å². The minimum atomic E-state index is -3.09. The highest BCUT2D eigenvalue weighted by Gasteiger charge is 2.38. The van der Waals surface area contributed by atoms with Crippen molar-refractivity contribution in [2.24, 2.45) is 0 Å². The molecule has 1 aliphatic carbocycles. The predicted octanol–water partition coefficient (Wildman–Crippen LogP) is 1.22. The van der Waals surface area contributed by atoms with Gasteiger partial charge in [0.25, 0.3) is 0 Å². The first-order valence-electron chi connectivity index (χ1n) is 3.48. The summed E-state index contributed by atoms with van der Waals surface area (Å²) >= 11 is 0. The first-order chi connectivity index (χ1) is 5.21. The minimum Gasteiger partial charge on any atom is -0.453 e. The van der Waals surface area contributed by atoms with Crippen LogP contribution in [-0.4, -0.2) is 13.7 Å². The third-order valence-electron chi connectivity index (χ3n) is 1.74. The van der Waals surface area contributed by atoms with Gasteiger partial charge in [0.15, 0.2) is 0 Å². The number of furan rings is 1. The molecule has 1 aliphatic rings. The van der Waals surface area contributed by atoms with Crippen molar-refractivity contribution >= 4 is 9.84 Å². The molecule has 0 atom stereocenters. The van der Waals surface area contributed by atoms with Gasteiger partial charge in [-0.3, -0.25) is 0 Å². The van der Waals surface area contributed by atoms with Crippen LogP contribution in [0.2, 0.25) is 0 Å². The second-order valence-electron chi connectivity index (χ2n) is 2.68. The van der Waals surface area contributed by atoms with Gasteiger partial charge in [-0.2, -0.15) is 0 Å². The zero-order valence-electron chi connectivity index (χ0n) is 5.86. The molecule has 0 saturated heterocycles. The van der Waals surface area contributed by atoms with Crippen LogP contribution in [0.15, 0.2) is 27.9 Å². The van der Waals surface area contributed by atoms with Crippen molar-refractivity contribution in [3.63, 3.8) is 0 Å². The summed E-state index contributed by atoms with van der Waals surface area (Å²) in [4.78, 5) is 0. The summed E-state index contributed by atoms with van der Waals surface area (Å²) in [7, 11) is -3.09. The number of hydrogen-bond acceptors (Lipinski definition) is 3. The van der Waals surface area contributed by atoms with Crippen molar-refractivity contribution in [3.05, 3.63) is 18.4 Å². The average Bonchev–Trinajstić information content (AvgIpc) is 2.66. The Hall–Kier alpha value is -0.770. The topological polar surface area (TPSA) is 47.3 Å². The van der Waals surface area contributed by atoms with Crippen LogP contribution in [0.25, 0.3) is 0 Å². The summed E-state index contributed by atoms with van der Waals surface area (Å²) in [5.74, 6) is 0. The van der Waals surface area contributed by atoms with E-state index in [1.54, 1.807) is 6.07 Å². The first kappa shape index (κ1) is 6.91. The molecule has 0 amide bonds. The molecule has 0 aromatic carbocycles. The molecule has 1 aromatic rings. The molecule has 1 fully saturated rings. The summed E-state index contributed by atoms with van der Waals surface area (Å²) < 4.78 is 27.5. The van der Waals surface area contributed by atoms with Gasteiger partial charge < -0.3 is 4.42 Å². The summed E-state index contributed by atoms with van der Waals surface area (Å²) in [5, 5.41) is -0.0614. The van der Waals surface area contributed by atoms with Gasteiger partial charge in [-0.05, 0) is 25.0 Å². The highest BCUT2D eigenvalue weighted by molar-refractivity contribution is 7.92. The second-order valence-corrected chi connectivity index (χ2v) is 4.84. The minimum absolute atomic E-state index is 0.111. The van der Waals surface area contributed by atoms with Crippen molar-refractivity contribution in [2.75, 3.05) is 0 Å². The lowest BCUT2D eigenvalue weighted by Gasteiger charge is -1.94. The van der Waals surface area contributed by atoms with Crippen molar-refractivity contribution in [3.8, 4) is 0 Å². The maximum Gasteiger partial charge on any atom is 0.218 e. The van der Waals surface area contributed by atoms with Crippen molar-refractivity contribution in [1.29, 1.82) is 0 Å². The van der Waals surface area contributed by atoms with Crippen LogP contribution in [0.5, 0.6) is 0 Å². The molecular formula is C7H8O3S. The largest absolute Gasteiger partial charge is 0.453 e. The molecule has 0 unspecified atom stereocenters. The molecule has 0 N–H and O–H groups in total. The zero-order valence-corrected chi connectivity index (χ0v) is 6.67. The van der Waals surface area contributed by atoms with E-state index in [1.807, 2.05) is 0 Å². The molecule has 0 spiro atoms. The SMILES string of the molecule is O=S(=O)(c1ccco1)C1CC1. The van der Waals surface area contributed by atoms with Crippen LogP contribution in [0.1, 0.15) is 12.8 Å². The van der Waals surface area contributed by atoms with Crippen LogP contribution in [0.3, 0.4) is 0 Å². The summed E-state index contributed by atoms with van der Waals surface area (Å²) in [5.41, 5.74) is 0. The monoisotopic (exact) mass is 172 g/mol. The Morgan fingerprint density at radius 3 is 2.64 bits per heavy atom. The van der Waals surface area contributed by atoms with Crippen LogP contribution >= 0.6 is 0 Å². The molecule has 60 valence electrons. The van der Waals surface area contributed by atoms with E-state index in [0.29, 0.717) is 0 Å². The van der Waals surface area contributed by atoms with Crippen LogP contribution in [0, 0.1) is 0 Å². The normalized spacial score (nSPS) is 18.5. The molecule has 4 heteroatoms. The maximum atomic E-state index is 11.4. The summed E-state index contributed by atoms with van der Waals surface area (Å²) in [6.45, 7) is 0. The molecule has 1 saturated carbocycles. The maximum absolute atomic E-state index is 11.4. The van der Waals surface area contributed by atoms with Gasteiger partial charge >= 0.3 is 0 Å². The fraction of sp³-hybridized carbons (Fsp3) is 0.429. The van der Waals surface area contributed by atoms with E-state index < -0.39 is 9.84 Å². The summed E-state index contributed by atoms with van der Waals surface area (Å²) in [6.07, 6.45) is 2.95. The Labute approximate surface area is 64.9 Å². The van der Waals surface area contributed by atoms with E-state index in [1.165, 1.54) is 12.3 Å². The molecule has 0 radical (unpaired) electrons. The average molecular weight is 172 g/mol. The molecule has 0 aliphatic heterocycles. The Kier molecular flexibility index (Phi) is 1.32. The van der Waals surface area contributed by atoms with E-state index in [4.69, 9.17) is 4.42 Å². The third kappa shape index (κ3) is 1.07. The zero-order chi connectivity index (χ0) is 7.90. The molecule has 1 heterocycles. The predicted molar refractivity (Wildman–Crippen MR) is 38.9 cm³/mol. The first-order valence-corrected chi connectivity index (χ1v) is 5.03. The molecule has 11 heavy (non-hydrogen) atoms. The Morgan fingerprint density at radius 2 is 2.18 bits per heavy atom. The summed E-state index contributed by atoms with van der Waals surface area (Å²) in [6, 6.07) is 3.09. The van der Waals surface area contributed by atoms with Gasteiger partial charge in [-0.25, -0.2) is 8.42 Å². The second kappa shape index (κ2) is 2.11. The Bertz CT molecular complexity index is 332. The lowest BCUT2D eigenvalue weighted by atomic mass is 10.7. The van der Waals surface area contributed by atoms with Gasteiger partial charge in [0.2, 0.25) is 14.9 Å². The van der Waals surface area contributed by atoms with Gasteiger partial charge in [-0.1, -0.05) is 0 Å². The number of rotatable bonds is 2. The standard InChI is InChI=1S/C7H8O3S/c8-11(9,6-3-4-6)7-2-1-5-10-7/h1-2,5-6H,3-4H2. The van der Waals surface area contributed by atoms with Gasteiger partial charge in [0, 0.05) is 0 Å². The fourth-order valence-corrected chi connectivity index (χ4v) is 2.51. The van der Waals surface area contributed by atoms with E-state index >= 15 is 0 Å². The fourth-order valence-electron chi connectivity index (χ4n) is 0.968. The molecule has 2 rings (SSSR count). The highest BCUT2D eigenvalue weighted by atomic mass is 32.2. The smallest absolute Gasteiger partial charge is 0.218 e. The van der Waals surface area contributed by atoms with Crippen molar-refractivity contribution < 1.29 is 12.8 Å². The number of hydrogen-bond donors (Lipinski definition) is 0. The van der Waals surface area contributed by atoms with Crippen molar-refractivity contribution in [2.45, 2.75) is 23.2 Å². The Balaban J connectivity index is 2.42. The lowest BCUT2D eigenvalue weighted by Crippen LogP contribution is -2.05.